The van der Waals surface area contributed by atoms with Crippen LogP contribution in [0, 0.1) is 0 Å². The van der Waals surface area contributed by atoms with Gasteiger partial charge in [-0.15, -0.1) is 0 Å². The molecule has 3 nitrogen and oxygen atoms in total. The van der Waals surface area contributed by atoms with Gasteiger partial charge < -0.3 is 14.6 Å². The molecule has 0 amide bonds. The highest BCUT2D eigenvalue weighted by atomic mass is 16.5. The third kappa shape index (κ3) is 4.20. The number of nitrogens with one attached hydrogen (secondary N) is 1. The van der Waals surface area contributed by atoms with Crippen LogP contribution in [0.25, 0.3) is 33.3 Å². The predicted octanol–water partition coefficient (Wildman–Crippen LogP) is 6.22. The molecule has 1 heterocycles. The topological polar surface area (TPSA) is 28.3 Å². The van der Waals surface area contributed by atoms with Crippen LogP contribution in [0.1, 0.15) is 13.8 Å². The van der Waals surface area contributed by atoms with Crippen molar-refractivity contribution in [2.24, 2.45) is 0 Å². The van der Waals surface area contributed by atoms with Gasteiger partial charge in [0.15, 0.2) is 0 Å². The maximum atomic E-state index is 6.05. The lowest BCUT2D eigenvalue weighted by atomic mass is 9.98. The molecule has 4 rings (SSSR count). The van der Waals surface area contributed by atoms with Gasteiger partial charge in [0.05, 0.1) is 11.2 Å². The molecule has 0 spiro atoms. The quantitative estimate of drug-likeness (QED) is 0.390. The Morgan fingerprint density at radius 3 is 2.10 bits per heavy atom. The second kappa shape index (κ2) is 8.97. The van der Waals surface area contributed by atoms with E-state index in [0.717, 1.165) is 36.6 Å². The summed E-state index contributed by atoms with van der Waals surface area (Å²) in [6, 6.07) is 27.5. The predicted molar refractivity (Wildman–Crippen MR) is 122 cm³/mol. The summed E-state index contributed by atoms with van der Waals surface area (Å²) < 4.78 is 6.05. The average molecular weight is 385 g/mol. The highest BCUT2D eigenvalue weighted by Crippen LogP contribution is 2.39. The van der Waals surface area contributed by atoms with Gasteiger partial charge in [-0.25, -0.2) is 0 Å². The maximum Gasteiger partial charge on any atom is 0.121 e. The largest absolute Gasteiger partial charge is 0.492 e. The molecule has 0 saturated carbocycles. The van der Waals surface area contributed by atoms with Crippen LogP contribution in [-0.2, 0) is 0 Å². The van der Waals surface area contributed by atoms with E-state index >= 15 is 0 Å². The number of hydrogen-bond acceptors (Lipinski definition) is 2. The Labute approximate surface area is 172 Å². The van der Waals surface area contributed by atoms with Crippen LogP contribution in [0.2, 0.25) is 0 Å². The Bertz CT molecular complexity index is 1050. The number of fused-ring (bicyclic) bond motifs is 1. The summed E-state index contributed by atoms with van der Waals surface area (Å²) in [5.41, 5.74) is 5.89. The molecule has 0 aliphatic heterocycles. The van der Waals surface area contributed by atoms with Crippen LogP contribution in [0.5, 0.6) is 5.75 Å². The highest BCUT2D eigenvalue weighted by molar-refractivity contribution is 6.04. The number of nitrogens with zero attached hydrogens (tertiary/aromatic N) is 1. The first kappa shape index (κ1) is 19.3. The first-order valence-electron chi connectivity index (χ1n) is 10.4. The number of hydrogen-bond donors (Lipinski definition) is 1. The summed E-state index contributed by atoms with van der Waals surface area (Å²) in [5, 5.41) is 1.21. The Hall–Kier alpha value is -3.04. The molecule has 0 aliphatic rings. The molecule has 1 N–H and O–H groups in total. The molecule has 0 fully saturated rings. The molecule has 0 saturated heterocycles. The molecule has 3 heteroatoms. The van der Waals surface area contributed by atoms with Crippen molar-refractivity contribution in [3.05, 3.63) is 78.9 Å². The molecule has 0 radical (unpaired) electrons. The summed E-state index contributed by atoms with van der Waals surface area (Å²) >= 11 is 0. The number of rotatable bonds is 8. The van der Waals surface area contributed by atoms with Crippen molar-refractivity contribution in [3.63, 3.8) is 0 Å². The maximum absolute atomic E-state index is 6.05. The molecule has 0 aliphatic carbocycles. The molecule has 0 bridgehead atoms. The molecular weight excluding hydrogens is 356 g/mol. The minimum absolute atomic E-state index is 0.699. The molecule has 29 heavy (non-hydrogen) atoms. The standard InChI is InChI=1S/C26H28N2O/c1-3-28(4-2)17-18-29-22-15-16-23-24(19-22)27-26(21-13-9-6-10-14-21)25(23)20-11-7-5-8-12-20/h5-16,19,27H,3-4,17-18H2,1-2H3. The molecule has 1 aromatic heterocycles. The number of H-pyrrole nitrogens is 1. The first-order chi connectivity index (χ1) is 14.3. The van der Waals surface area contributed by atoms with E-state index in [2.05, 4.69) is 103 Å². The average Bonchev–Trinajstić information content (AvgIpc) is 3.17. The van der Waals surface area contributed by atoms with Crippen molar-refractivity contribution >= 4 is 10.9 Å². The van der Waals surface area contributed by atoms with E-state index < -0.39 is 0 Å². The van der Waals surface area contributed by atoms with Crippen molar-refractivity contribution in [1.82, 2.24) is 9.88 Å². The van der Waals surface area contributed by atoms with E-state index in [9.17, 15) is 0 Å². The molecule has 148 valence electrons. The van der Waals surface area contributed by atoms with Gasteiger partial charge in [-0.3, -0.25) is 0 Å². The highest BCUT2D eigenvalue weighted by Gasteiger charge is 2.15. The Morgan fingerprint density at radius 2 is 1.45 bits per heavy atom. The van der Waals surface area contributed by atoms with Gasteiger partial charge in [0.2, 0.25) is 0 Å². The first-order valence-corrected chi connectivity index (χ1v) is 10.4. The van der Waals surface area contributed by atoms with Crippen LogP contribution in [0.15, 0.2) is 78.9 Å². The number of likely N-dealkylation sites (N-methyl/N-ethyl adjacent to an activating group) is 1. The van der Waals surface area contributed by atoms with Crippen LogP contribution in [-0.4, -0.2) is 36.1 Å². The van der Waals surface area contributed by atoms with Gasteiger partial charge in [0.25, 0.3) is 0 Å². The smallest absolute Gasteiger partial charge is 0.121 e. The zero-order valence-corrected chi connectivity index (χ0v) is 17.2. The lowest BCUT2D eigenvalue weighted by Crippen LogP contribution is -2.27. The number of ether oxygens (including phenoxy) is 1. The Morgan fingerprint density at radius 1 is 0.793 bits per heavy atom. The fourth-order valence-electron chi connectivity index (χ4n) is 3.82. The normalized spacial score (nSPS) is 11.3. The van der Waals surface area contributed by atoms with E-state index in [1.165, 1.54) is 22.1 Å². The van der Waals surface area contributed by atoms with Crippen LogP contribution in [0.3, 0.4) is 0 Å². The Balaban J connectivity index is 1.71. The summed E-state index contributed by atoms with van der Waals surface area (Å²) in [5.74, 6) is 0.908. The fraction of sp³-hybridized carbons (Fsp3) is 0.231. The van der Waals surface area contributed by atoms with Gasteiger partial charge in [0.1, 0.15) is 12.4 Å². The van der Waals surface area contributed by atoms with Crippen LogP contribution >= 0.6 is 0 Å². The molecular formula is C26H28N2O. The van der Waals surface area contributed by atoms with Crippen molar-refractivity contribution in [2.75, 3.05) is 26.2 Å². The second-order valence-electron chi connectivity index (χ2n) is 7.19. The van der Waals surface area contributed by atoms with E-state index in [4.69, 9.17) is 4.74 Å². The summed E-state index contributed by atoms with van der Waals surface area (Å²) in [6.07, 6.45) is 0. The minimum Gasteiger partial charge on any atom is -0.492 e. The summed E-state index contributed by atoms with van der Waals surface area (Å²) in [4.78, 5) is 6.02. The zero-order valence-electron chi connectivity index (χ0n) is 17.2. The SMILES string of the molecule is CCN(CC)CCOc1ccc2c(-c3ccccc3)c(-c3ccccc3)[nH]c2c1. The van der Waals surface area contributed by atoms with E-state index in [-0.39, 0.29) is 0 Å². The molecule has 0 atom stereocenters. The third-order valence-electron chi connectivity index (χ3n) is 5.47. The van der Waals surface area contributed by atoms with E-state index in [1.807, 2.05) is 0 Å². The second-order valence-corrected chi connectivity index (χ2v) is 7.19. The monoisotopic (exact) mass is 384 g/mol. The van der Waals surface area contributed by atoms with Crippen molar-refractivity contribution in [2.45, 2.75) is 13.8 Å². The van der Waals surface area contributed by atoms with Gasteiger partial charge in [0, 0.05) is 23.6 Å². The third-order valence-corrected chi connectivity index (χ3v) is 5.47. The van der Waals surface area contributed by atoms with Gasteiger partial charge in [-0.05, 0) is 36.3 Å². The van der Waals surface area contributed by atoms with Gasteiger partial charge in [-0.1, -0.05) is 74.5 Å². The van der Waals surface area contributed by atoms with Gasteiger partial charge >= 0.3 is 0 Å². The number of aromatic amines is 1. The van der Waals surface area contributed by atoms with E-state index in [1.54, 1.807) is 0 Å². The molecule has 3 aromatic carbocycles. The Kier molecular flexibility index (Phi) is 5.97. The lowest BCUT2D eigenvalue weighted by molar-refractivity contribution is 0.223. The molecule has 4 aromatic rings. The minimum atomic E-state index is 0.699. The summed E-state index contributed by atoms with van der Waals surface area (Å²) in [7, 11) is 0. The number of aromatic nitrogens is 1. The summed E-state index contributed by atoms with van der Waals surface area (Å²) in [6.45, 7) is 8.12. The van der Waals surface area contributed by atoms with E-state index in [0.29, 0.717) is 6.61 Å². The number of benzene rings is 3. The zero-order chi connectivity index (χ0) is 20.1. The van der Waals surface area contributed by atoms with Crippen molar-refractivity contribution in [1.29, 1.82) is 0 Å². The van der Waals surface area contributed by atoms with Crippen molar-refractivity contribution in [3.8, 4) is 28.1 Å². The fourth-order valence-corrected chi connectivity index (χ4v) is 3.82. The van der Waals surface area contributed by atoms with Crippen molar-refractivity contribution < 1.29 is 4.74 Å². The van der Waals surface area contributed by atoms with Gasteiger partial charge in [-0.2, -0.15) is 0 Å². The molecule has 0 unspecified atom stereocenters. The lowest BCUT2D eigenvalue weighted by Gasteiger charge is -2.18. The van der Waals surface area contributed by atoms with Crippen LogP contribution in [0.4, 0.5) is 0 Å². The van der Waals surface area contributed by atoms with Crippen LogP contribution < -0.4 is 4.74 Å².